The number of nitriles is 1. The number of hydrogen-bond acceptors (Lipinski definition) is 4. The van der Waals surface area contributed by atoms with Gasteiger partial charge >= 0.3 is 0 Å². The summed E-state index contributed by atoms with van der Waals surface area (Å²) in [5.41, 5.74) is 2.72. The van der Waals surface area contributed by atoms with E-state index in [1.54, 1.807) is 24.5 Å². The second-order valence-corrected chi connectivity index (χ2v) is 8.22. The molecule has 1 aliphatic heterocycles. The number of nitrogens with one attached hydrogen (secondary N) is 2. The average Bonchev–Trinajstić information content (AvgIpc) is 3.24. The lowest BCUT2D eigenvalue weighted by Gasteiger charge is -2.45. The fourth-order valence-corrected chi connectivity index (χ4v) is 4.87. The van der Waals surface area contributed by atoms with E-state index in [1.165, 1.54) is 4.90 Å². The van der Waals surface area contributed by atoms with Crippen LogP contribution in [0.5, 0.6) is 0 Å². The molecule has 29 heavy (non-hydrogen) atoms. The van der Waals surface area contributed by atoms with Crippen molar-refractivity contribution in [1.82, 2.24) is 10.2 Å². The first-order chi connectivity index (χ1) is 13.9. The Balaban J connectivity index is 1.81. The lowest BCUT2D eigenvalue weighted by Crippen LogP contribution is -2.62. The van der Waals surface area contributed by atoms with Crippen LogP contribution in [0.15, 0.2) is 66.0 Å². The summed E-state index contributed by atoms with van der Waals surface area (Å²) < 4.78 is 0. The van der Waals surface area contributed by atoms with Crippen molar-refractivity contribution >= 4 is 23.2 Å². The molecule has 0 aliphatic carbocycles. The topological polar surface area (TPSA) is 80.0 Å². The highest BCUT2D eigenvalue weighted by atomic mass is 32.1. The maximum Gasteiger partial charge on any atom is 0.239 e. The zero-order valence-corrected chi connectivity index (χ0v) is 17.0. The number of thiophene rings is 1. The molecule has 6 heteroatoms. The van der Waals surface area contributed by atoms with Crippen LogP contribution in [-0.4, -0.2) is 23.8 Å². The molecular weight excluding hydrogens is 380 g/mol. The van der Waals surface area contributed by atoms with Crippen LogP contribution in [0.4, 0.5) is 0 Å². The van der Waals surface area contributed by atoms with Gasteiger partial charge < -0.3 is 5.32 Å². The zero-order valence-electron chi connectivity index (χ0n) is 16.1. The minimum Gasteiger partial charge on any atom is -0.345 e. The highest BCUT2D eigenvalue weighted by molar-refractivity contribution is 7.10. The molecular formula is C23H20N4OS. The van der Waals surface area contributed by atoms with Crippen LogP contribution in [0.2, 0.25) is 0 Å². The van der Waals surface area contributed by atoms with Gasteiger partial charge in [0.05, 0.1) is 23.1 Å². The third kappa shape index (κ3) is 3.20. The molecule has 1 aromatic heterocycles. The highest BCUT2D eigenvalue weighted by Gasteiger charge is 2.49. The third-order valence-electron chi connectivity index (χ3n) is 5.44. The minimum absolute atomic E-state index is 0.0890. The normalized spacial score (nSPS) is 21.6. The van der Waals surface area contributed by atoms with Crippen LogP contribution in [0.1, 0.15) is 28.8 Å². The fraction of sp³-hybridized carbons (Fsp3) is 0.174. The number of guanidine groups is 1. The Morgan fingerprint density at radius 2 is 1.90 bits per heavy atom. The SMILES string of the molecule is CN1C(=N)N[C@](C)(c2cc(-c3cccc(C#N)c3)cs2)[C@@H](c2ccccc2)C1=O. The van der Waals surface area contributed by atoms with Gasteiger partial charge in [0.1, 0.15) is 0 Å². The Labute approximate surface area is 173 Å². The molecule has 5 nitrogen and oxygen atoms in total. The molecule has 144 valence electrons. The van der Waals surface area contributed by atoms with Crippen LogP contribution >= 0.6 is 11.3 Å². The number of likely N-dealkylation sites (N-methyl/N-ethyl adjacent to an activating group) is 1. The van der Waals surface area contributed by atoms with Crippen molar-refractivity contribution in [3.63, 3.8) is 0 Å². The lowest BCUT2D eigenvalue weighted by atomic mass is 9.76. The fourth-order valence-electron chi connectivity index (χ4n) is 3.81. The van der Waals surface area contributed by atoms with Crippen LogP contribution in [0, 0.1) is 16.7 Å². The molecule has 1 saturated heterocycles. The summed E-state index contributed by atoms with van der Waals surface area (Å²) >= 11 is 1.55. The van der Waals surface area contributed by atoms with Gasteiger partial charge in [0.25, 0.3) is 0 Å². The summed E-state index contributed by atoms with van der Waals surface area (Å²) in [5, 5.41) is 22.8. The summed E-state index contributed by atoms with van der Waals surface area (Å²) in [5.74, 6) is -0.477. The Morgan fingerprint density at radius 3 is 2.62 bits per heavy atom. The Bertz CT molecular complexity index is 1130. The minimum atomic E-state index is -0.752. The number of carbonyl (C=O) groups is 1. The summed E-state index contributed by atoms with van der Waals surface area (Å²) in [4.78, 5) is 15.5. The molecule has 1 fully saturated rings. The summed E-state index contributed by atoms with van der Waals surface area (Å²) in [6, 6.07) is 21.4. The molecule has 0 bridgehead atoms. The van der Waals surface area contributed by atoms with E-state index in [9.17, 15) is 10.1 Å². The predicted molar refractivity (Wildman–Crippen MR) is 115 cm³/mol. The van der Waals surface area contributed by atoms with Crippen molar-refractivity contribution in [3.05, 3.63) is 82.0 Å². The van der Waals surface area contributed by atoms with E-state index in [0.717, 1.165) is 21.6 Å². The smallest absolute Gasteiger partial charge is 0.239 e. The zero-order chi connectivity index (χ0) is 20.6. The third-order valence-corrected chi connectivity index (χ3v) is 6.61. The Hall–Kier alpha value is -3.43. The van der Waals surface area contributed by atoms with Crippen molar-refractivity contribution in [2.24, 2.45) is 0 Å². The van der Waals surface area contributed by atoms with Crippen molar-refractivity contribution in [1.29, 1.82) is 10.7 Å². The van der Waals surface area contributed by atoms with Crippen molar-refractivity contribution < 1.29 is 4.79 Å². The first-order valence-corrected chi connectivity index (χ1v) is 10.1. The largest absolute Gasteiger partial charge is 0.345 e. The molecule has 0 spiro atoms. The van der Waals surface area contributed by atoms with E-state index in [2.05, 4.69) is 17.5 Å². The molecule has 2 atom stereocenters. The van der Waals surface area contributed by atoms with Gasteiger partial charge in [-0.25, -0.2) is 0 Å². The van der Waals surface area contributed by atoms with Gasteiger partial charge in [0, 0.05) is 11.9 Å². The number of nitrogens with zero attached hydrogens (tertiary/aromatic N) is 2. The molecule has 0 radical (unpaired) electrons. The number of rotatable bonds is 3. The van der Waals surface area contributed by atoms with Crippen molar-refractivity contribution in [3.8, 4) is 17.2 Å². The standard InChI is InChI=1S/C23H20N4OS/c1-23(19-12-18(14-29-19)17-10-6-7-15(11-17)13-24)20(16-8-4-3-5-9-16)21(28)27(2)22(25)26-23/h3-12,14,20H,1-2H3,(H2,25,26)/t20-,23+/m0/s1. The van der Waals surface area contributed by atoms with E-state index in [1.807, 2.05) is 60.8 Å². The molecule has 2 N–H and O–H groups in total. The number of hydrogen-bond donors (Lipinski definition) is 2. The van der Waals surface area contributed by atoms with Crippen LogP contribution in [0.3, 0.4) is 0 Å². The van der Waals surface area contributed by atoms with Crippen LogP contribution in [-0.2, 0) is 10.3 Å². The van der Waals surface area contributed by atoms with E-state index < -0.39 is 11.5 Å². The van der Waals surface area contributed by atoms with Gasteiger partial charge in [-0.3, -0.25) is 15.1 Å². The highest BCUT2D eigenvalue weighted by Crippen LogP contribution is 2.44. The van der Waals surface area contributed by atoms with Crippen molar-refractivity contribution in [2.45, 2.75) is 18.4 Å². The van der Waals surface area contributed by atoms with Gasteiger partial charge in [-0.1, -0.05) is 42.5 Å². The van der Waals surface area contributed by atoms with E-state index in [4.69, 9.17) is 5.41 Å². The second kappa shape index (κ2) is 7.19. The molecule has 2 aromatic carbocycles. The summed E-state index contributed by atoms with van der Waals surface area (Å²) in [7, 11) is 1.63. The Morgan fingerprint density at radius 1 is 1.14 bits per heavy atom. The van der Waals surface area contributed by atoms with E-state index >= 15 is 0 Å². The van der Waals surface area contributed by atoms with Crippen LogP contribution < -0.4 is 5.32 Å². The van der Waals surface area contributed by atoms with E-state index in [-0.39, 0.29) is 11.9 Å². The maximum absolute atomic E-state index is 13.2. The number of carbonyl (C=O) groups excluding carboxylic acids is 1. The van der Waals surface area contributed by atoms with Gasteiger partial charge in [0.2, 0.25) is 5.91 Å². The quantitative estimate of drug-likeness (QED) is 0.689. The van der Waals surface area contributed by atoms with Crippen molar-refractivity contribution in [2.75, 3.05) is 7.05 Å². The Kier molecular flexibility index (Phi) is 4.69. The molecule has 1 aliphatic rings. The lowest BCUT2D eigenvalue weighted by molar-refractivity contribution is -0.131. The van der Waals surface area contributed by atoms with Gasteiger partial charge in [-0.2, -0.15) is 5.26 Å². The predicted octanol–water partition coefficient (Wildman–Crippen LogP) is 4.28. The van der Waals surface area contributed by atoms with E-state index in [0.29, 0.717) is 5.56 Å². The maximum atomic E-state index is 13.2. The second-order valence-electron chi connectivity index (χ2n) is 7.31. The molecule has 2 heterocycles. The molecule has 3 aromatic rings. The first-order valence-electron chi connectivity index (χ1n) is 9.23. The van der Waals surface area contributed by atoms with Gasteiger partial charge in [-0.05, 0) is 47.2 Å². The molecule has 0 unspecified atom stereocenters. The summed E-state index contributed by atoms with van der Waals surface area (Å²) in [6.45, 7) is 1.98. The molecule has 1 amide bonds. The molecule has 0 saturated carbocycles. The number of amides is 1. The summed E-state index contributed by atoms with van der Waals surface area (Å²) in [6.07, 6.45) is 0. The number of benzene rings is 2. The average molecular weight is 401 g/mol. The van der Waals surface area contributed by atoms with Gasteiger partial charge in [-0.15, -0.1) is 11.3 Å². The monoisotopic (exact) mass is 400 g/mol. The molecule has 4 rings (SSSR count). The van der Waals surface area contributed by atoms with Crippen LogP contribution in [0.25, 0.3) is 11.1 Å². The first kappa shape index (κ1) is 18.9. The van der Waals surface area contributed by atoms with Gasteiger partial charge in [0.15, 0.2) is 5.96 Å².